The number of carbonyl (C=O) groups excluding carboxylic acids is 1. The summed E-state index contributed by atoms with van der Waals surface area (Å²) in [5.41, 5.74) is 6.63. The van der Waals surface area contributed by atoms with Crippen LogP contribution in [0.15, 0.2) is 34.7 Å². The van der Waals surface area contributed by atoms with Gasteiger partial charge in [-0.05, 0) is 41.9 Å². The van der Waals surface area contributed by atoms with Crippen LogP contribution in [0.5, 0.6) is 5.75 Å². The molecule has 4 N–H and O–H groups in total. The first-order valence-corrected chi connectivity index (χ1v) is 5.55. The molecule has 0 aliphatic carbocycles. The number of hydrogen-bond acceptors (Lipinski definition) is 4. The van der Waals surface area contributed by atoms with Crippen molar-refractivity contribution in [1.29, 1.82) is 0 Å². The maximum atomic E-state index is 11.7. The van der Waals surface area contributed by atoms with Gasteiger partial charge in [0.15, 0.2) is 11.0 Å². The van der Waals surface area contributed by atoms with Gasteiger partial charge in [-0.1, -0.05) is 0 Å². The summed E-state index contributed by atoms with van der Waals surface area (Å²) in [4.78, 5) is 11.7. The molecule has 2 aromatic rings. The van der Waals surface area contributed by atoms with Crippen molar-refractivity contribution in [3.63, 3.8) is 0 Å². The fourth-order valence-corrected chi connectivity index (χ4v) is 1.59. The molecule has 0 aliphatic rings. The number of halogens is 1. The van der Waals surface area contributed by atoms with Crippen molar-refractivity contribution >= 4 is 23.2 Å². The van der Waals surface area contributed by atoms with E-state index in [2.05, 4.69) is 5.32 Å². The monoisotopic (exact) mass is 266 g/mol. The summed E-state index contributed by atoms with van der Waals surface area (Å²) < 4.78 is 4.95. The van der Waals surface area contributed by atoms with Crippen LogP contribution in [0.3, 0.4) is 0 Å². The summed E-state index contributed by atoms with van der Waals surface area (Å²) in [5, 5.41) is 12.3. The molecule has 0 aliphatic heterocycles. The van der Waals surface area contributed by atoms with Gasteiger partial charge in [-0.25, -0.2) is 0 Å². The normalized spacial score (nSPS) is 10.3. The predicted molar refractivity (Wildman–Crippen MR) is 67.4 cm³/mol. The summed E-state index contributed by atoms with van der Waals surface area (Å²) in [6.45, 7) is 0.147. The third-order valence-electron chi connectivity index (χ3n) is 2.34. The largest absolute Gasteiger partial charge is 0.508 e. The summed E-state index contributed by atoms with van der Waals surface area (Å²) in [5.74, 6) is -0.228. The van der Waals surface area contributed by atoms with Crippen LogP contribution in [-0.2, 0) is 6.54 Å². The zero-order valence-electron chi connectivity index (χ0n) is 9.31. The Hall–Kier alpha value is -2.14. The van der Waals surface area contributed by atoms with Gasteiger partial charge in [0.25, 0.3) is 5.91 Å². The minimum atomic E-state index is -0.413. The van der Waals surface area contributed by atoms with Crippen LogP contribution < -0.4 is 11.1 Å². The number of nitrogens with one attached hydrogen (secondary N) is 1. The van der Waals surface area contributed by atoms with Gasteiger partial charge in [-0.2, -0.15) is 0 Å². The molecule has 5 nitrogen and oxygen atoms in total. The molecule has 0 bridgehead atoms. The van der Waals surface area contributed by atoms with Crippen LogP contribution in [0.2, 0.25) is 5.22 Å². The van der Waals surface area contributed by atoms with E-state index in [1.54, 1.807) is 12.1 Å². The van der Waals surface area contributed by atoms with Crippen LogP contribution in [0, 0.1) is 0 Å². The second kappa shape index (κ2) is 5.01. The van der Waals surface area contributed by atoms with Crippen LogP contribution >= 0.6 is 11.6 Å². The van der Waals surface area contributed by atoms with E-state index in [1.807, 2.05) is 0 Å². The van der Waals surface area contributed by atoms with E-state index in [9.17, 15) is 9.90 Å². The molecule has 1 heterocycles. The van der Waals surface area contributed by atoms with Crippen molar-refractivity contribution in [3.05, 3.63) is 46.9 Å². The van der Waals surface area contributed by atoms with Crippen molar-refractivity contribution in [2.45, 2.75) is 6.54 Å². The van der Waals surface area contributed by atoms with Crippen LogP contribution in [-0.4, -0.2) is 11.0 Å². The van der Waals surface area contributed by atoms with E-state index in [-0.39, 0.29) is 23.3 Å². The molecular weight excluding hydrogens is 256 g/mol. The number of phenols is 1. The van der Waals surface area contributed by atoms with Crippen molar-refractivity contribution in [2.24, 2.45) is 0 Å². The minimum Gasteiger partial charge on any atom is -0.508 e. The topological polar surface area (TPSA) is 88.5 Å². The number of benzene rings is 1. The molecule has 0 saturated heterocycles. The van der Waals surface area contributed by atoms with E-state index in [0.29, 0.717) is 11.3 Å². The Bertz CT molecular complexity index is 580. The zero-order chi connectivity index (χ0) is 13.1. The number of anilines is 1. The Morgan fingerprint density at radius 3 is 2.83 bits per heavy atom. The molecule has 2 rings (SSSR count). The zero-order valence-corrected chi connectivity index (χ0v) is 10.1. The molecule has 0 fully saturated rings. The van der Waals surface area contributed by atoms with Crippen LogP contribution in [0.1, 0.15) is 16.1 Å². The van der Waals surface area contributed by atoms with Crippen molar-refractivity contribution < 1.29 is 14.3 Å². The van der Waals surface area contributed by atoms with Crippen LogP contribution in [0.4, 0.5) is 5.69 Å². The highest BCUT2D eigenvalue weighted by Crippen LogP contribution is 2.19. The SMILES string of the molecule is Nc1ccc(O)c(CNC(=O)c2ccc(Cl)o2)c1. The van der Waals surface area contributed by atoms with Gasteiger partial charge in [-0.3, -0.25) is 4.79 Å². The third-order valence-corrected chi connectivity index (χ3v) is 2.54. The Balaban J connectivity index is 2.03. The smallest absolute Gasteiger partial charge is 0.287 e. The van der Waals surface area contributed by atoms with Gasteiger partial charge in [0.1, 0.15) is 5.75 Å². The number of furan rings is 1. The standard InChI is InChI=1S/C12H11ClN2O3/c13-11-4-3-10(18-11)12(17)15-6-7-5-8(14)1-2-9(7)16/h1-5,16H,6,14H2,(H,15,17). The van der Waals surface area contributed by atoms with Gasteiger partial charge in [0, 0.05) is 17.8 Å². The molecule has 94 valence electrons. The second-order valence-electron chi connectivity index (χ2n) is 3.67. The summed E-state index contributed by atoms with van der Waals surface area (Å²) in [7, 11) is 0. The van der Waals surface area contributed by atoms with Crippen molar-refractivity contribution in [2.75, 3.05) is 5.73 Å². The Kier molecular flexibility index (Phi) is 3.43. The lowest BCUT2D eigenvalue weighted by atomic mass is 10.2. The molecule has 0 radical (unpaired) electrons. The number of aromatic hydroxyl groups is 1. The van der Waals surface area contributed by atoms with Gasteiger partial charge in [0.05, 0.1) is 0 Å². The molecule has 18 heavy (non-hydrogen) atoms. The van der Waals surface area contributed by atoms with E-state index in [4.69, 9.17) is 21.8 Å². The first kappa shape index (κ1) is 12.3. The lowest BCUT2D eigenvalue weighted by Crippen LogP contribution is -2.22. The highest BCUT2D eigenvalue weighted by molar-refractivity contribution is 6.29. The predicted octanol–water partition coefficient (Wildman–Crippen LogP) is 2.15. The summed E-state index contributed by atoms with van der Waals surface area (Å²) in [6.07, 6.45) is 0. The van der Waals surface area contributed by atoms with E-state index >= 15 is 0 Å². The maximum absolute atomic E-state index is 11.7. The number of carbonyl (C=O) groups is 1. The first-order chi connectivity index (χ1) is 8.56. The number of nitrogens with two attached hydrogens (primary N) is 1. The Labute approximate surface area is 108 Å². The number of phenolic OH excluding ortho intramolecular Hbond substituents is 1. The van der Waals surface area contributed by atoms with Gasteiger partial charge < -0.3 is 20.6 Å². The van der Waals surface area contributed by atoms with E-state index < -0.39 is 5.91 Å². The third kappa shape index (κ3) is 2.75. The van der Waals surface area contributed by atoms with E-state index in [1.165, 1.54) is 18.2 Å². The molecule has 1 aromatic carbocycles. The summed E-state index contributed by atoms with van der Waals surface area (Å²) >= 11 is 5.56. The lowest BCUT2D eigenvalue weighted by molar-refractivity contribution is 0.0923. The molecular formula is C12H11ClN2O3. The quantitative estimate of drug-likeness (QED) is 0.587. The molecule has 0 atom stereocenters. The fourth-order valence-electron chi connectivity index (χ4n) is 1.45. The molecule has 1 aromatic heterocycles. The Morgan fingerprint density at radius 2 is 2.17 bits per heavy atom. The van der Waals surface area contributed by atoms with Crippen LogP contribution in [0.25, 0.3) is 0 Å². The van der Waals surface area contributed by atoms with E-state index in [0.717, 1.165) is 0 Å². The average molecular weight is 267 g/mol. The maximum Gasteiger partial charge on any atom is 0.287 e. The summed E-state index contributed by atoms with van der Waals surface area (Å²) in [6, 6.07) is 7.59. The number of amides is 1. The van der Waals surface area contributed by atoms with Gasteiger partial charge in [0.2, 0.25) is 0 Å². The first-order valence-electron chi connectivity index (χ1n) is 5.17. The van der Waals surface area contributed by atoms with Crippen molar-refractivity contribution in [3.8, 4) is 5.75 Å². The highest BCUT2D eigenvalue weighted by Gasteiger charge is 2.11. The number of rotatable bonds is 3. The van der Waals surface area contributed by atoms with Crippen molar-refractivity contribution in [1.82, 2.24) is 5.32 Å². The highest BCUT2D eigenvalue weighted by atomic mass is 35.5. The molecule has 1 amide bonds. The fraction of sp³-hybridized carbons (Fsp3) is 0.0833. The second-order valence-corrected chi connectivity index (χ2v) is 4.05. The van der Waals surface area contributed by atoms with Gasteiger partial charge in [-0.15, -0.1) is 0 Å². The average Bonchev–Trinajstić information content (AvgIpc) is 2.77. The molecule has 0 unspecified atom stereocenters. The lowest BCUT2D eigenvalue weighted by Gasteiger charge is -2.06. The molecule has 0 saturated carbocycles. The number of nitrogen functional groups attached to an aromatic ring is 1. The van der Waals surface area contributed by atoms with Gasteiger partial charge >= 0.3 is 0 Å². The minimum absolute atomic E-state index is 0.0713. The molecule has 6 heteroatoms. The number of hydrogen-bond donors (Lipinski definition) is 3. The Morgan fingerprint density at radius 1 is 1.39 bits per heavy atom. The molecule has 0 spiro atoms.